The number of halogens is 3. The maximum Gasteiger partial charge on any atom is 0.251 e. The van der Waals surface area contributed by atoms with Gasteiger partial charge in [-0.1, -0.05) is 47.1 Å². The van der Waals surface area contributed by atoms with Gasteiger partial charge in [0.1, 0.15) is 0 Å². The molecule has 0 saturated carbocycles. The molecular formula is C22H20BrCl2N5O2S. The second kappa shape index (κ2) is 11.7. The van der Waals surface area contributed by atoms with Gasteiger partial charge < -0.3 is 15.2 Å². The van der Waals surface area contributed by atoms with Crippen LogP contribution in [0.4, 0.5) is 5.69 Å². The van der Waals surface area contributed by atoms with E-state index in [1.165, 1.54) is 11.8 Å². The van der Waals surface area contributed by atoms with Gasteiger partial charge in [0.15, 0.2) is 11.0 Å². The molecule has 1 aromatic heterocycles. The molecule has 1 unspecified atom stereocenters. The van der Waals surface area contributed by atoms with Crippen LogP contribution in [0.25, 0.3) is 0 Å². The molecule has 0 aliphatic heterocycles. The van der Waals surface area contributed by atoms with E-state index in [2.05, 4.69) is 43.3 Å². The van der Waals surface area contributed by atoms with Crippen LogP contribution >= 0.6 is 50.9 Å². The maximum atomic E-state index is 12.6. The quantitative estimate of drug-likeness (QED) is 0.253. The van der Waals surface area contributed by atoms with Crippen molar-refractivity contribution < 1.29 is 9.59 Å². The van der Waals surface area contributed by atoms with E-state index in [1.807, 2.05) is 11.5 Å². The van der Waals surface area contributed by atoms with Crippen molar-refractivity contribution in [3.8, 4) is 0 Å². The summed E-state index contributed by atoms with van der Waals surface area (Å²) < 4.78 is 2.56. The Balaban J connectivity index is 1.66. The summed E-state index contributed by atoms with van der Waals surface area (Å²) in [5, 5.41) is 15.7. The zero-order chi connectivity index (χ0) is 24.0. The summed E-state index contributed by atoms with van der Waals surface area (Å²) in [5.41, 5.74) is 1.04. The molecule has 0 aliphatic rings. The summed E-state index contributed by atoms with van der Waals surface area (Å²) in [5.74, 6) is 0.176. The van der Waals surface area contributed by atoms with Gasteiger partial charge in [-0.05, 0) is 59.3 Å². The maximum absolute atomic E-state index is 12.6. The lowest BCUT2D eigenvalue weighted by Crippen LogP contribution is -2.28. The van der Waals surface area contributed by atoms with E-state index in [-0.39, 0.29) is 17.6 Å². The first-order valence-corrected chi connectivity index (χ1v) is 12.3. The first-order chi connectivity index (χ1) is 15.8. The number of amides is 2. The predicted octanol–water partition coefficient (Wildman–Crippen LogP) is 5.76. The van der Waals surface area contributed by atoms with Crippen LogP contribution in [0.1, 0.15) is 29.1 Å². The van der Waals surface area contributed by atoms with Crippen molar-refractivity contribution in [2.75, 3.05) is 11.1 Å². The van der Waals surface area contributed by atoms with Gasteiger partial charge in [-0.25, -0.2) is 0 Å². The number of hydrogen-bond donors (Lipinski definition) is 2. The topological polar surface area (TPSA) is 88.9 Å². The molecule has 0 fully saturated rings. The molecular weight excluding hydrogens is 549 g/mol. The Hall–Kier alpha value is -2.33. The van der Waals surface area contributed by atoms with E-state index < -0.39 is 6.04 Å². The summed E-state index contributed by atoms with van der Waals surface area (Å²) >= 11 is 16.6. The van der Waals surface area contributed by atoms with Crippen molar-refractivity contribution in [3.05, 3.63) is 81.0 Å². The van der Waals surface area contributed by atoms with Crippen molar-refractivity contribution >= 4 is 68.4 Å². The predicted molar refractivity (Wildman–Crippen MR) is 136 cm³/mol. The van der Waals surface area contributed by atoms with Gasteiger partial charge >= 0.3 is 0 Å². The molecule has 0 bridgehead atoms. The number of hydrogen-bond acceptors (Lipinski definition) is 5. The number of nitrogens with one attached hydrogen (secondary N) is 2. The van der Waals surface area contributed by atoms with Gasteiger partial charge in [0, 0.05) is 27.3 Å². The van der Waals surface area contributed by atoms with Crippen molar-refractivity contribution in [2.24, 2.45) is 0 Å². The largest absolute Gasteiger partial charge is 0.342 e. The Morgan fingerprint density at radius 3 is 2.73 bits per heavy atom. The number of aromatic nitrogens is 3. The summed E-state index contributed by atoms with van der Waals surface area (Å²) in [4.78, 5) is 25.0. The minimum atomic E-state index is -0.433. The van der Waals surface area contributed by atoms with E-state index in [0.717, 1.165) is 4.47 Å². The molecule has 1 atom stereocenters. The van der Waals surface area contributed by atoms with Crippen molar-refractivity contribution in [3.63, 3.8) is 0 Å². The number of nitrogens with zero attached hydrogens (tertiary/aromatic N) is 3. The van der Waals surface area contributed by atoms with Crippen LogP contribution in [0.2, 0.25) is 10.0 Å². The van der Waals surface area contributed by atoms with E-state index >= 15 is 0 Å². The monoisotopic (exact) mass is 567 g/mol. The fourth-order valence-electron chi connectivity index (χ4n) is 2.90. The molecule has 2 amide bonds. The van der Waals surface area contributed by atoms with Crippen molar-refractivity contribution in [1.82, 2.24) is 20.1 Å². The van der Waals surface area contributed by atoms with Crippen LogP contribution in [-0.4, -0.2) is 32.3 Å². The van der Waals surface area contributed by atoms with Crippen molar-refractivity contribution in [2.45, 2.75) is 24.7 Å². The van der Waals surface area contributed by atoms with Gasteiger partial charge in [-0.3, -0.25) is 9.59 Å². The second-order valence-corrected chi connectivity index (χ2v) is 9.55. The molecule has 172 valence electrons. The minimum absolute atomic E-state index is 0.117. The normalized spacial score (nSPS) is 11.6. The number of carbonyl (C=O) groups is 2. The molecule has 7 nitrogen and oxygen atoms in total. The van der Waals surface area contributed by atoms with Gasteiger partial charge in [0.05, 0.1) is 16.8 Å². The van der Waals surface area contributed by atoms with E-state index in [0.29, 0.717) is 38.8 Å². The molecule has 11 heteroatoms. The third-order valence-corrected chi connectivity index (χ3v) is 6.85. The Kier molecular flexibility index (Phi) is 8.96. The zero-order valence-electron chi connectivity index (χ0n) is 17.5. The Bertz CT molecular complexity index is 1190. The summed E-state index contributed by atoms with van der Waals surface area (Å²) in [7, 11) is 0. The Labute approximate surface area is 214 Å². The van der Waals surface area contributed by atoms with Crippen molar-refractivity contribution in [1.29, 1.82) is 0 Å². The fraction of sp³-hybridized carbons (Fsp3) is 0.182. The SMILES string of the molecule is C=CCn1c(SCC(=O)Nc2ccc(Br)c(Cl)c2)nnc1C(C)NC(=O)c1cccc(Cl)c1. The lowest BCUT2D eigenvalue weighted by molar-refractivity contribution is -0.113. The Morgan fingerprint density at radius 2 is 2.03 bits per heavy atom. The average Bonchev–Trinajstić information content (AvgIpc) is 3.18. The molecule has 1 heterocycles. The van der Waals surface area contributed by atoms with Gasteiger partial charge in [-0.2, -0.15) is 0 Å². The molecule has 0 saturated heterocycles. The average molecular weight is 569 g/mol. The molecule has 33 heavy (non-hydrogen) atoms. The molecule has 3 rings (SSSR count). The van der Waals surface area contributed by atoms with E-state index in [4.69, 9.17) is 23.2 Å². The second-order valence-electron chi connectivity index (χ2n) is 6.91. The number of rotatable bonds is 9. The zero-order valence-corrected chi connectivity index (χ0v) is 21.4. The number of allylic oxidation sites excluding steroid dienone is 1. The number of benzene rings is 2. The molecule has 3 aromatic rings. The van der Waals surface area contributed by atoms with E-state index in [9.17, 15) is 9.59 Å². The van der Waals surface area contributed by atoms with Gasteiger partial charge in [0.25, 0.3) is 5.91 Å². The van der Waals surface area contributed by atoms with Crippen LogP contribution in [0.5, 0.6) is 0 Å². The number of thioether (sulfide) groups is 1. The minimum Gasteiger partial charge on any atom is -0.342 e. The number of anilines is 1. The molecule has 0 spiro atoms. The lowest BCUT2D eigenvalue weighted by Gasteiger charge is -2.15. The van der Waals surface area contributed by atoms with E-state index in [1.54, 1.807) is 48.5 Å². The van der Waals surface area contributed by atoms with Crippen LogP contribution < -0.4 is 10.6 Å². The van der Waals surface area contributed by atoms with Crippen LogP contribution in [0.3, 0.4) is 0 Å². The highest BCUT2D eigenvalue weighted by Gasteiger charge is 2.20. The molecule has 2 aromatic carbocycles. The summed E-state index contributed by atoms with van der Waals surface area (Å²) in [6.45, 7) is 6.01. The lowest BCUT2D eigenvalue weighted by atomic mass is 10.2. The Morgan fingerprint density at radius 1 is 1.24 bits per heavy atom. The smallest absolute Gasteiger partial charge is 0.251 e. The first-order valence-electron chi connectivity index (χ1n) is 9.76. The molecule has 2 N–H and O–H groups in total. The van der Waals surface area contributed by atoms with Crippen LogP contribution in [0, 0.1) is 0 Å². The molecule has 0 radical (unpaired) electrons. The van der Waals surface area contributed by atoms with Gasteiger partial charge in [0.2, 0.25) is 5.91 Å². The third-order valence-electron chi connectivity index (χ3n) is 4.41. The first kappa shape index (κ1) is 25.3. The summed E-state index contributed by atoms with van der Waals surface area (Å²) in [6.07, 6.45) is 1.70. The highest BCUT2D eigenvalue weighted by Crippen LogP contribution is 2.26. The standard InChI is InChI=1S/C22H20BrCl2N5O2S/c1-3-9-30-20(13(2)26-21(32)14-5-4-6-15(24)10-14)28-29-22(30)33-12-19(31)27-16-7-8-17(23)18(25)11-16/h3-8,10-11,13H,1,9,12H2,2H3,(H,26,32)(H,27,31). The fourth-order valence-corrected chi connectivity index (χ4v) is 4.28. The summed E-state index contributed by atoms with van der Waals surface area (Å²) in [6, 6.07) is 11.4. The highest BCUT2D eigenvalue weighted by atomic mass is 79.9. The van der Waals surface area contributed by atoms with Crippen LogP contribution in [-0.2, 0) is 11.3 Å². The highest BCUT2D eigenvalue weighted by molar-refractivity contribution is 9.10. The number of carbonyl (C=O) groups excluding carboxylic acids is 2. The van der Waals surface area contributed by atoms with Gasteiger partial charge in [-0.15, -0.1) is 16.8 Å². The van der Waals surface area contributed by atoms with Crippen LogP contribution in [0.15, 0.2) is 64.7 Å². The molecule has 0 aliphatic carbocycles. The third kappa shape index (κ3) is 6.83.